The number of phenolic OH excluding ortho intramolecular Hbond substituents is 3. The quantitative estimate of drug-likeness (QED) is 0.713. The van der Waals surface area contributed by atoms with Crippen LogP contribution in [-0.4, -0.2) is 21.1 Å². The number of phenols is 3. The van der Waals surface area contributed by atoms with Crippen molar-refractivity contribution >= 4 is 21.7 Å². The van der Waals surface area contributed by atoms with Gasteiger partial charge in [0.1, 0.15) is 27.3 Å². The topological polar surface area (TPSA) is 77.8 Å². The van der Waals surface area contributed by atoms with Gasteiger partial charge in [0.2, 0.25) is 0 Å². The smallest absolute Gasteiger partial charge is 0.170 e. The van der Waals surface area contributed by atoms with E-state index in [4.69, 9.17) is 0 Å². The van der Waals surface area contributed by atoms with Crippen molar-refractivity contribution in [3.05, 3.63) is 16.1 Å². The van der Waals surface area contributed by atoms with Gasteiger partial charge in [-0.25, -0.2) is 0 Å². The van der Waals surface area contributed by atoms with E-state index in [-0.39, 0.29) is 28.0 Å². The molecule has 3 N–H and O–H groups in total. The normalized spacial score (nSPS) is 10.1. The molecule has 0 aliphatic rings. The van der Waals surface area contributed by atoms with Gasteiger partial charge in [-0.1, -0.05) is 6.92 Å². The molecule has 0 atom stereocenters. The SMILES string of the molecule is CCC(=O)c1c(O)cc(O)c(Br)c1O. The Kier molecular flexibility index (Phi) is 3.00. The lowest BCUT2D eigenvalue weighted by molar-refractivity contribution is 0.0982. The summed E-state index contributed by atoms with van der Waals surface area (Å²) < 4.78 is 0.00657. The van der Waals surface area contributed by atoms with Crippen LogP contribution < -0.4 is 0 Å². The van der Waals surface area contributed by atoms with Crippen molar-refractivity contribution in [2.75, 3.05) is 0 Å². The van der Waals surface area contributed by atoms with Crippen molar-refractivity contribution in [1.29, 1.82) is 0 Å². The van der Waals surface area contributed by atoms with Gasteiger partial charge in [0.05, 0.1) is 0 Å². The van der Waals surface area contributed by atoms with Crippen LogP contribution in [0, 0.1) is 0 Å². The summed E-state index contributed by atoms with van der Waals surface area (Å²) in [5.41, 5.74) is -0.169. The van der Waals surface area contributed by atoms with E-state index in [0.29, 0.717) is 0 Å². The number of Topliss-reactive ketones (excluding diaryl/α,β-unsaturated/α-hetero) is 1. The van der Waals surface area contributed by atoms with Crippen LogP contribution in [0.15, 0.2) is 10.5 Å². The first kappa shape index (κ1) is 10.8. The zero-order valence-electron chi connectivity index (χ0n) is 7.41. The van der Waals surface area contributed by atoms with Crippen molar-refractivity contribution in [2.24, 2.45) is 0 Å². The van der Waals surface area contributed by atoms with E-state index in [0.717, 1.165) is 6.07 Å². The first-order chi connectivity index (χ1) is 6.49. The first-order valence-corrected chi connectivity index (χ1v) is 4.74. The average molecular weight is 261 g/mol. The Morgan fingerprint density at radius 1 is 1.36 bits per heavy atom. The molecule has 0 fully saturated rings. The lowest BCUT2D eigenvalue weighted by atomic mass is 10.1. The number of halogens is 1. The Labute approximate surface area is 88.9 Å². The maximum Gasteiger partial charge on any atom is 0.170 e. The van der Waals surface area contributed by atoms with Crippen LogP contribution in [0.1, 0.15) is 23.7 Å². The fourth-order valence-corrected chi connectivity index (χ4v) is 1.38. The molecule has 5 heteroatoms. The van der Waals surface area contributed by atoms with Gasteiger partial charge in [-0.2, -0.15) is 0 Å². The minimum absolute atomic E-state index is 0.00657. The second kappa shape index (κ2) is 3.88. The third kappa shape index (κ3) is 1.68. The minimum Gasteiger partial charge on any atom is -0.507 e. The number of hydrogen-bond acceptors (Lipinski definition) is 4. The van der Waals surface area contributed by atoms with Crippen LogP contribution in [0.25, 0.3) is 0 Å². The summed E-state index contributed by atoms with van der Waals surface area (Å²) in [6.45, 7) is 1.61. The summed E-state index contributed by atoms with van der Waals surface area (Å²) in [6.07, 6.45) is 0.165. The molecule has 0 unspecified atom stereocenters. The summed E-state index contributed by atoms with van der Waals surface area (Å²) in [6, 6.07) is 1.01. The highest BCUT2D eigenvalue weighted by Crippen LogP contribution is 2.41. The van der Waals surface area contributed by atoms with Gasteiger partial charge in [-0.05, 0) is 15.9 Å². The number of benzene rings is 1. The molecule has 0 radical (unpaired) electrons. The molecule has 0 saturated carbocycles. The van der Waals surface area contributed by atoms with Gasteiger partial charge < -0.3 is 15.3 Å². The zero-order chi connectivity index (χ0) is 10.9. The van der Waals surface area contributed by atoms with Gasteiger partial charge in [-0.3, -0.25) is 4.79 Å². The van der Waals surface area contributed by atoms with Crippen molar-refractivity contribution in [3.8, 4) is 17.2 Å². The van der Waals surface area contributed by atoms with Crippen LogP contribution in [-0.2, 0) is 0 Å². The highest BCUT2D eigenvalue weighted by molar-refractivity contribution is 9.10. The highest BCUT2D eigenvalue weighted by Gasteiger charge is 2.19. The lowest BCUT2D eigenvalue weighted by Crippen LogP contribution is -1.98. The highest BCUT2D eigenvalue weighted by atomic mass is 79.9. The summed E-state index contributed by atoms with van der Waals surface area (Å²) in [5, 5.41) is 28.0. The second-order valence-electron chi connectivity index (χ2n) is 2.73. The molecule has 1 aromatic carbocycles. The predicted octanol–water partition coefficient (Wildman–Crippen LogP) is 2.16. The van der Waals surface area contributed by atoms with E-state index in [1.165, 1.54) is 0 Å². The maximum absolute atomic E-state index is 11.3. The molecule has 1 aromatic rings. The summed E-state index contributed by atoms with van der Waals surface area (Å²) in [4.78, 5) is 11.3. The van der Waals surface area contributed by atoms with E-state index >= 15 is 0 Å². The maximum atomic E-state index is 11.3. The van der Waals surface area contributed by atoms with Gasteiger partial charge in [0, 0.05) is 12.5 Å². The first-order valence-electron chi connectivity index (χ1n) is 3.95. The van der Waals surface area contributed by atoms with Crippen molar-refractivity contribution < 1.29 is 20.1 Å². The van der Waals surface area contributed by atoms with E-state index < -0.39 is 11.5 Å². The van der Waals surface area contributed by atoms with Crippen LogP contribution in [0.4, 0.5) is 0 Å². The largest absolute Gasteiger partial charge is 0.507 e. The number of ketones is 1. The molecule has 0 spiro atoms. The van der Waals surface area contributed by atoms with Crippen LogP contribution in [0.3, 0.4) is 0 Å². The minimum atomic E-state index is -0.436. The zero-order valence-corrected chi connectivity index (χ0v) is 9.00. The van der Waals surface area contributed by atoms with E-state index in [1.807, 2.05) is 0 Å². The Hall–Kier alpha value is -1.23. The van der Waals surface area contributed by atoms with Gasteiger partial charge >= 0.3 is 0 Å². The van der Waals surface area contributed by atoms with Crippen LogP contribution >= 0.6 is 15.9 Å². The number of carbonyl (C=O) groups is 1. The Bertz CT molecular complexity index is 387. The molecule has 0 heterocycles. The van der Waals surface area contributed by atoms with Crippen molar-refractivity contribution in [2.45, 2.75) is 13.3 Å². The molecule has 0 bridgehead atoms. The molecule has 0 aliphatic carbocycles. The van der Waals surface area contributed by atoms with E-state index in [9.17, 15) is 20.1 Å². The Balaban J connectivity index is 3.44. The molecular formula is C9H9BrO4. The molecule has 0 saturated heterocycles. The van der Waals surface area contributed by atoms with Gasteiger partial charge in [-0.15, -0.1) is 0 Å². The Morgan fingerprint density at radius 3 is 2.43 bits per heavy atom. The molecule has 0 aromatic heterocycles. The summed E-state index contributed by atoms with van der Waals surface area (Å²) in [7, 11) is 0. The molecule has 4 nitrogen and oxygen atoms in total. The van der Waals surface area contributed by atoms with Crippen LogP contribution in [0.5, 0.6) is 17.2 Å². The number of aromatic hydroxyl groups is 3. The molecule has 76 valence electrons. The standard InChI is InChI=1S/C9H9BrO4/c1-2-4(11)7-5(12)3-6(13)8(10)9(7)14/h3,12-14H,2H2,1H3. The number of hydrogen-bond donors (Lipinski definition) is 3. The third-order valence-electron chi connectivity index (χ3n) is 1.80. The molecule has 14 heavy (non-hydrogen) atoms. The molecular weight excluding hydrogens is 252 g/mol. The number of carbonyl (C=O) groups excluding carboxylic acids is 1. The fraction of sp³-hybridized carbons (Fsp3) is 0.222. The van der Waals surface area contributed by atoms with E-state index in [1.54, 1.807) is 6.92 Å². The monoisotopic (exact) mass is 260 g/mol. The summed E-state index contributed by atoms with van der Waals surface area (Å²) >= 11 is 2.90. The third-order valence-corrected chi connectivity index (χ3v) is 2.58. The fourth-order valence-electron chi connectivity index (χ4n) is 1.07. The van der Waals surface area contributed by atoms with Crippen molar-refractivity contribution in [1.82, 2.24) is 0 Å². The summed E-state index contributed by atoms with van der Waals surface area (Å²) in [5.74, 6) is -1.56. The van der Waals surface area contributed by atoms with E-state index in [2.05, 4.69) is 15.9 Å². The average Bonchev–Trinajstić information content (AvgIpc) is 2.14. The van der Waals surface area contributed by atoms with Gasteiger partial charge in [0.25, 0.3) is 0 Å². The second-order valence-corrected chi connectivity index (χ2v) is 3.52. The number of rotatable bonds is 2. The molecule has 0 aliphatic heterocycles. The van der Waals surface area contributed by atoms with Gasteiger partial charge in [0.15, 0.2) is 5.78 Å². The molecule has 0 amide bonds. The lowest BCUT2D eigenvalue weighted by Gasteiger charge is -2.08. The predicted molar refractivity (Wildman–Crippen MR) is 53.8 cm³/mol. The van der Waals surface area contributed by atoms with Crippen LogP contribution in [0.2, 0.25) is 0 Å². The molecule has 1 rings (SSSR count). The van der Waals surface area contributed by atoms with Crippen molar-refractivity contribution in [3.63, 3.8) is 0 Å². The Morgan fingerprint density at radius 2 is 1.93 bits per heavy atom.